The van der Waals surface area contributed by atoms with Crippen molar-refractivity contribution in [1.29, 1.82) is 0 Å². The van der Waals surface area contributed by atoms with Crippen LogP contribution < -0.4 is 5.73 Å². The van der Waals surface area contributed by atoms with Crippen LogP contribution in [0.15, 0.2) is 0 Å². The minimum atomic E-state index is -0.0568. The summed E-state index contributed by atoms with van der Waals surface area (Å²) in [7, 11) is 5.08. The van der Waals surface area contributed by atoms with Crippen LogP contribution in [0.3, 0.4) is 0 Å². The summed E-state index contributed by atoms with van der Waals surface area (Å²) >= 11 is 0. The van der Waals surface area contributed by atoms with Gasteiger partial charge in [0.2, 0.25) is 11.8 Å². The molecule has 1 aliphatic carbocycles. The van der Waals surface area contributed by atoms with E-state index in [9.17, 15) is 9.59 Å². The van der Waals surface area contributed by atoms with Gasteiger partial charge < -0.3 is 15.5 Å². The lowest BCUT2D eigenvalue weighted by atomic mass is 9.77. The van der Waals surface area contributed by atoms with Crippen molar-refractivity contribution < 1.29 is 9.59 Å². The van der Waals surface area contributed by atoms with Gasteiger partial charge >= 0.3 is 0 Å². The summed E-state index contributed by atoms with van der Waals surface area (Å²) in [5.41, 5.74) is 5.93. The minimum Gasteiger partial charge on any atom is -0.347 e. The van der Waals surface area contributed by atoms with Gasteiger partial charge in [0, 0.05) is 33.1 Å². The molecular formula is C13H25N3O2. The zero-order valence-electron chi connectivity index (χ0n) is 11.8. The van der Waals surface area contributed by atoms with E-state index in [1.807, 2.05) is 0 Å². The van der Waals surface area contributed by atoms with E-state index >= 15 is 0 Å². The molecule has 2 amide bonds. The summed E-state index contributed by atoms with van der Waals surface area (Å²) in [4.78, 5) is 26.9. The number of rotatable bonds is 3. The van der Waals surface area contributed by atoms with Gasteiger partial charge in [-0.2, -0.15) is 0 Å². The maximum atomic E-state index is 12.3. The molecule has 0 aliphatic heterocycles. The summed E-state index contributed by atoms with van der Waals surface area (Å²) in [5, 5.41) is 0. The van der Waals surface area contributed by atoms with Crippen molar-refractivity contribution in [2.24, 2.45) is 17.6 Å². The topological polar surface area (TPSA) is 66.6 Å². The SMILES string of the molecule is CC1CCC(N)CC1C(=O)N(C)CC(=O)N(C)C. The van der Waals surface area contributed by atoms with Gasteiger partial charge in [-0.05, 0) is 25.2 Å². The average molecular weight is 255 g/mol. The van der Waals surface area contributed by atoms with E-state index in [0.29, 0.717) is 5.92 Å². The summed E-state index contributed by atoms with van der Waals surface area (Å²) in [5.74, 6) is 0.314. The second-order valence-corrected chi connectivity index (χ2v) is 5.64. The molecule has 3 atom stereocenters. The third-order valence-electron chi connectivity index (χ3n) is 3.80. The molecule has 0 radical (unpaired) electrons. The quantitative estimate of drug-likeness (QED) is 0.788. The number of hydrogen-bond acceptors (Lipinski definition) is 3. The molecule has 0 aromatic heterocycles. The van der Waals surface area contributed by atoms with Gasteiger partial charge in [0.05, 0.1) is 6.54 Å². The molecule has 1 saturated carbocycles. The Morgan fingerprint density at radius 2 is 1.83 bits per heavy atom. The van der Waals surface area contributed by atoms with Gasteiger partial charge in [0.15, 0.2) is 0 Å². The summed E-state index contributed by atoms with van der Waals surface area (Å²) in [6.45, 7) is 2.24. The molecule has 5 heteroatoms. The van der Waals surface area contributed by atoms with E-state index in [-0.39, 0.29) is 30.3 Å². The normalized spacial score (nSPS) is 27.7. The number of carbonyl (C=O) groups is 2. The molecule has 104 valence electrons. The molecule has 0 bridgehead atoms. The number of nitrogens with zero attached hydrogens (tertiary/aromatic N) is 2. The van der Waals surface area contributed by atoms with Crippen LogP contribution in [0, 0.1) is 11.8 Å². The first kappa shape index (κ1) is 15.0. The van der Waals surface area contributed by atoms with Crippen LogP contribution in [0.1, 0.15) is 26.2 Å². The molecule has 2 N–H and O–H groups in total. The number of carbonyl (C=O) groups excluding carboxylic acids is 2. The predicted octanol–water partition coefficient (Wildman–Crippen LogP) is 0.297. The number of amides is 2. The Morgan fingerprint density at radius 1 is 1.22 bits per heavy atom. The van der Waals surface area contributed by atoms with E-state index < -0.39 is 0 Å². The lowest BCUT2D eigenvalue weighted by molar-refractivity contribution is -0.142. The van der Waals surface area contributed by atoms with Crippen LogP contribution in [0.25, 0.3) is 0 Å². The molecule has 0 aromatic rings. The smallest absolute Gasteiger partial charge is 0.241 e. The van der Waals surface area contributed by atoms with Gasteiger partial charge in [0.25, 0.3) is 0 Å². The van der Waals surface area contributed by atoms with Crippen LogP contribution >= 0.6 is 0 Å². The second-order valence-electron chi connectivity index (χ2n) is 5.64. The second kappa shape index (κ2) is 6.18. The summed E-state index contributed by atoms with van der Waals surface area (Å²) < 4.78 is 0. The molecule has 5 nitrogen and oxygen atoms in total. The molecule has 0 aromatic carbocycles. The first-order chi connectivity index (χ1) is 8.32. The number of hydrogen-bond donors (Lipinski definition) is 1. The number of nitrogens with two attached hydrogens (primary N) is 1. The van der Waals surface area contributed by atoms with Gasteiger partial charge in [-0.15, -0.1) is 0 Å². The van der Waals surface area contributed by atoms with E-state index in [1.165, 1.54) is 9.80 Å². The van der Waals surface area contributed by atoms with Crippen molar-refractivity contribution in [3.05, 3.63) is 0 Å². The molecule has 1 aliphatic rings. The van der Waals surface area contributed by atoms with Gasteiger partial charge in [0.1, 0.15) is 0 Å². The lowest BCUT2D eigenvalue weighted by Crippen LogP contribution is -2.45. The molecular weight excluding hydrogens is 230 g/mol. The minimum absolute atomic E-state index is 0.0336. The van der Waals surface area contributed by atoms with E-state index in [1.54, 1.807) is 21.1 Å². The first-order valence-electron chi connectivity index (χ1n) is 6.53. The molecule has 1 rings (SSSR count). The van der Waals surface area contributed by atoms with Crippen molar-refractivity contribution in [2.45, 2.75) is 32.2 Å². The number of likely N-dealkylation sites (N-methyl/N-ethyl adjacent to an activating group) is 2. The Labute approximate surface area is 109 Å². The lowest BCUT2D eigenvalue weighted by Gasteiger charge is -2.34. The van der Waals surface area contributed by atoms with Crippen LogP contribution in [0.4, 0.5) is 0 Å². The zero-order valence-corrected chi connectivity index (χ0v) is 11.8. The summed E-state index contributed by atoms with van der Waals surface area (Å²) in [6, 6.07) is 0.119. The molecule has 0 heterocycles. The Hall–Kier alpha value is -1.10. The van der Waals surface area contributed by atoms with Crippen molar-refractivity contribution in [3.8, 4) is 0 Å². The average Bonchev–Trinajstić information content (AvgIpc) is 2.31. The summed E-state index contributed by atoms with van der Waals surface area (Å²) in [6.07, 6.45) is 2.72. The van der Waals surface area contributed by atoms with Gasteiger partial charge in [-0.1, -0.05) is 6.92 Å². The highest BCUT2D eigenvalue weighted by molar-refractivity contribution is 5.85. The van der Waals surface area contributed by atoms with E-state index in [0.717, 1.165) is 19.3 Å². The van der Waals surface area contributed by atoms with Crippen molar-refractivity contribution in [2.75, 3.05) is 27.7 Å². The first-order valence-corrected chi connectivity index (χ1v) is 6.53. The van der Waals surface area contributed by atoms with Crippen LogP contribution in [0.5, 0.6) is 0 Å². The van der Waals surface area contributed by atoms with E-state index in [2.05, 4.69) is 6.92 Å². The van der Waals surface area contributed by atoms with Crippen molar-refractivity contribution in [1.82, 2.24) is 9.80 Å². The van der Waals surface area contributed by atoms with Crippen LogP contribution in [-0.4, -0.2) is 55.3 Å². The Balaban J connectivity index is 2.59. The Morgan fingerprint density at radius 3 is 2.39 bits per heavy atom. The third-order valence-corrected chi connectivity index (χ3v) is 3.80. The highest BCUT2D eigenvalue weighted by Crippen LogP contribution is 2.30. The Bertz CT molecular complexity index is 317. The molecule has 0 saturated heterocycles. The maximum absolute atomic E-state index is 12.3. The molecule has 18 heavy (non-hydrogen) atoms. The van der Waals surface area contributed by atoms with Gasteiger partial charge in [-0.25, -0.2) is 0 Å². The molecule has 0 spiro atoms. The fraction of sp³-hybridized carbons (Fsp3) is 0.846. The highest BCUT2D eigenvalue weighted by atomic mass is 16.2. The largest absolute Gasteiger partial charge is 0.347 e. The monoisotopic (exact) mass is 255 g/mol. The Kier molecular flexibility index (Phi) is 5.14. The zero-order chi connectivity index (χ0) is 13.9. The molecule has 1 fully saturated rings. The van der Waals surface area contributed by atoms with Crippen molar-refractivity contribution >= 4 is 11.8 Å². The standard InChI is InChI=1S/C13H25N3O2/c1-9-5-6-10(14)7-11(9)13(18)16(4)8-12(17)15(2)3/h9-11H,5-8,14H2,1-4H3. The fourth-order valence-corrected chi connectivity index (χ4v) is 2.40. The predicted molar refractivity (Wildman–Crippen MR) is 70.8 cm³/mol. The molecule has 3 unspecified atom stereocenters. The highest BCUT2D eigenvalue weighted by Gasteiger charge is 2.33. The van der Waals surface area contributed by atoms with Crippen LogP contribution in [0.2, 0.25) is 0 Å². The van der Waals surface area contributed by atoms with Crippen molar-refractivity contribution in [3.63, 3.8) is 0 Å². The van der Waals surface area contributed by atoms with Gasteiger partial charge in [-0.3, -0.25) is 9.59 Å². The fourth-order valence-electron chi connectivity index (χ4n) is 2.40. The third kappa shape index (κ3) is 3.70. The maximum Gasteiger partial charge on any atom is 0.241 e. The van der Waals surface area contributed by atoms with Crippen LogP contribution in [-0.2, 0) is 9.59 Å². The van der Waals surface area contributed by atoms with E-state index in [4.69, 9.17) is 5.73 Å².